The monoisotopic (exact) mass is 198 g/mol. The first-order valence-corrected chi connectivity index (χ1v) is 3.92. The minimum Gasteiger partial charge on any atom is -0.468 e. The zero-order valence-electron chi connectivity index (χ0n) is 7.86. The van der Waals surface area contributed by atoms with E-state index in [1.165, 1.54) is 13.2 Å². The number of nitrogens with zero attached hydrogens (tertiary/aromatic N) is 1. The van der Waals surface area contributed by atoms with Gasteiger partial charge in [-0.1, -0.05) is 0 Å². The lowest BCUT2D eigenvalue weighted by molar-refractivity contribution is -0.141. The third kappa shape index (κ3) is 2.09. The maximum atomic E-state index is 11.2. The normalized spacial score (nSPS) is 9.86. The van der Waals surface area contributed by atoms with Crippen LogP contribution >= 0.6 is 0 Å². The van der Waals surface area contributed by atoms with Gasteiger partial charge in [-0.3, -0.25) is 19.1 Å². The molecule has 0 spiro atoms. The second-order valence-electron chi connectivity index (χ2n) is 2.74. The molecule has 14 heavy (non-hydrogen) atoms. The highest BCUT2D eigenvalue weighted by Crippen LogP contribution is 1.89. The van der Waals surface area contributed by atoms with Gasteiger partial charge in [0.25, 0.3) is 5.56 Å². The van der Waals surface area contributed by atoms with E-state index in [1.807, 2.05) is 0 Å². The summed E-state index contributed by atoms with van der Waals surface area (Å²) in [6.45, 7) is 1.37. The van der Waals surface area contributed by atoms with Gasteiger partial charge >= 0.3 is 11.7 Å². The van der Waals surface area contributed by atoms with Gasteiger partial charge in [0.05, 0.1) is 7.11 Å². The molecule has 0 amide bonds. The molecule has 0 saturated heterocycles. The average molecular weight is 198 g/mol. The molecular formula is C8H10N2O4. The summed E-state index contributed by atoms with van der Waals surface area (Å²) < 4.78 is 5.54. The molecule has 1 aromatic rings. The number of aromatic nitrogens is 2. The smallest absolute Gasteiger partial charge is 0.329 e. The van der Waals surface area contributed by atoms with Gasteiger partial charge in [-0.05, 0) is 6.92 Å². The maximum Gasteiger partial charge on any atom is 0.329 e. The molecule has 0 aliphatic heterocycles. The van der Waals surface area contributed by atoms with Gasteiger partial charge in [-0.2, -0.15) is 0 Å². The first-order valence-electron chi connectivity index (χ1n) is 3.92. The van der Waals surface area contributed by atoms with E-state index in [2.05, 4.69) is 9.72 Å². The molecule has 0 fully saturated rings. The van der Waals surface area contributed by atoms with Crippen molar-refractivity contribution in [3.63, 3.8) is 0 Å². The second-order valence-corrected chi connectivity index (χ2v) is 2.74. The Labute approximate surface area is 79.1 Å². The van der Waals surface area contributed by atoms with Crippen LogP contribution in [0.5, 0.6) is 0 Å². The number of methoxy groups -OCH3 is 1. The quantitative estimate of drug-likeness (QED) is 0.619. The number of carbonyl (C=O) groups excluding carboxylic acids is 1. The van der Waals surface area contributed by atoms with Gasteiger partial charge in [0, 0.05) is 11.8 Å². The zero-order chi connectivity index (χ0) is 10.7. The van der Waals surface area contributed by atoms with Crippen molar-refractivity contribution in [3.8, 4) is 0 Å². The summed E-state index contributed by atoms with van der Waals surface area (Å²) in [6.07, 6.45) is 0. The standard InChI is InChI=1S/C8H10N2O4/c1-5-3-6(11)9-8(13)10(5)4-7(12)14-2/h3H,4H2,1-2H3,(H,9,11,13). The van der Waals surface area contributed by atoms with Crippen molar-refractivity contribution in [3.05, 3.63) is 32.6 Å². The van der Waals surface area contributed by atoms with Crippen LogP contribution in [-0.4, -0.2) is 22.6 Å². The van der Waals surface area contributed by atoms with E-state index >= 15 is 0 Å². The molecule has 0 saturated carbocycles. The molecule has 1 aromatic heterocycles. The van der Waals surface area contributed by atoms with Crippen LogP contribution in [-0.2, 0) is 16.1 Å². The highest BCUT2D eigenvalue weighted by Gasteiger charge is 2.06. The average Bonchev–Trinajstić information content (AvgIpc) is 2.10. The third-order valence-electron chi connectivity index (χ3n) is 1.76. The van der Waals surface area contributed by atoms with E-state index in [-0.39, 0.29) is 6.54 Å². The molecule has 0 bridgehead atoms. The summed E-state index contributed by atoms with van der Waals surface area (Å²) in [5.74, 6) is -0.540. The van der Waals surface area contributed by atoms with Crippen LogP contribution in [0, 0.1) is 6.92 Å². The van der Waals surface area contributed by atoms with Crippen LogP contribution in [0.2, 0.25) is 0 Å². The lowest BCUT2D eigenvalue weighted by Gasteiger charge is -2.06. The molecule has 6 heteroatoms. The number of esters is 1. The summed E-state index contributed by atoms with van der Waals surface area (Å²) in [5, 5.41) is 0. The fourth-order valence-electron chi connectivity index (χ4n) is 1.03. The number of rotatable bonds is 2. The molecular weight excluding hydrogens is 188 g/mol. The minimum absolute atomic E-state index is 0.196. The predicted octanol–water partition coefficient (Wildman–Crippen LogP) is -0.982. The number of nitrogens with one attached hydrogen (secondary N) is 1. The van der Waals surface area contributed by atoms with Crippen molar-refractivity contribution in [2.75, 3.05) is 7.11 Å². The number of carbonyl (C=O) groups is 1. The number of aryl methyl sites for hydroxylation is 1. The van der Waals surface area contributed by atoms with Crippen LogP contribution in [0.15, 0.2) is 15.7 Å². The van der Waals surface area contributed by atoms with E-state index in [4.69, 9.17) is 0 Å². The lowest BCUT2D eigenvalue weighted by atomic mass is 10.4. The van der Waals surface area contributed by atoms with Crippen molar-refractivity contribution >= 4 is 5.97 Å². The largest absolute Gasteiger partial charge is 0.468 e. The Bertz CT molecular complexity index is 457. The fraction of sp³-hybridized carbons (Fsp3) is 0.375. The number of ether oxygens (including phenoxy) is 1. The molecule has 0 unspecified atom stereocenters. The minimum atomic E-state index is -0.611. The molecule has 6 nitrogen and oxygen atoms in total. The van der Waals surface area contributed by atoms with E-state index in [9.17, 15) is 14.4 Å². The van der Waals surface area contributed by atoms with Crippen molar-refractivity contribution < 1.29 is 9.53 Å². The summed E-state index contributed by atoms with van der Waals surface area (Å²) in [4.78, 5) is 35.0. The first-order chi connectivity index (χ1) is 6.54. The lowest BCUT2D eigenvalue weighted by Crippen LogP contribution is -2.33. The summed E-state index contributed by atoms with van der Waals surface area (Å²) >= 11 is 0. The number of aromatic amines is 1. The Morgan fingerprint density at radius 2 is 2.21 bits per heavy atom. The molecule has 0 aliphatic carbocycles. The fourth-order valence-corrected chi connectivity index (χ4v) is 1.03. The number of hydrogen-bond acceptors (Lipinski definition) is 4. The number of hydrogen-bond donors (Lipinski definition) is 1. The summed E-state index contributed by atoms with van der Waals surface area (Å²) in [7, 11) is 1.23. The first kappa shape index (κ1) is 10.2. The van der Waals surface area contributed by atoms with Crippen LogP contribution in [0.1, 0.15) is 5.69 Å². The van der Waals surface area contributed by atoms with Crippen LogP contribution in [0.4, 0.5) is 0 Å². The summed E-state index contributed by atoms with van der Waals surface area (Å²) in [5.41, 5.74) is -0.668. The Balaban J connectivity index is 3.16. The molecule has 0 atom stereocenters. The van der Waals surface area contributed by atoms with Gasteiger partial charge in [0.2, 0.25) is 0 Å². The Morgan fingerprint density at radius 1 is 1.57 bits per heavy atom. The Morgan fingerprint density at radius 3 is 2.71 bits per heavy atom. The van der Waals surface area contributed by atoms with Crippen molar-refractivity contribution in [2.24, 2.45) is 0 Å². The van der Waals surface area contributed by atoms with Gasteiger partial charge in [0.15, 0.2) is 0 Å². The van der Waals surface area contributed by atoms with Gasteiger partial charge < -0.3 is 4.74 Å². The molecule has 0 aromatic carbocycles. The van der Waals surface area contributed by atoms with E-state index < -0.39 is 17.2 Å². The molecule has 1 heterocycles. The molecule has 0 radical (unpaired) electrons. The van der Waals surface area contributed by atoms with E-state index in [1.54, 1.807) is 6.92 Å². The highest BCUT2D eigenvalue weighted by molar-refractivity contribution is 5.68. The maximum absolute atomic E-state index is 11.2. The van der Waals surface area contributed by atoms with Crippen LogP contribution < -0.4 is 11.2 Å². The Kier molecular flexibility index (Phi) is 2.85. The highest BCUT2D eigenvalue weighted by atomic mass is 16.5. The molecule has 1 N–H and O–H groups in total. The van der Waals surface area contributed by atoms with Crippen LogP contribution in [0.3, 0.4) is 0 Å². The Hall–Kier alpha value is -1.85. The second kappa shape index (κ2) is 3.91. The zero-order valence-corrected chi connectivity index (χ0v) is 7.86. The molecule has 0 aliphatic rings. The SMILES string of the molecule is COC(=O)Cn1c(C)cc(=O)[nH]c1=O. The van der Waals surface area contributed by atoms with E-state index in [0.717, 1.165) is 4.57 Å². The molecule has 1 rings (SSSR count). The van der Waals surface area contributed by atoms with Crippen molar-refractivity contribution in [2.45, 2.75) is 13.5 Å². The summed E-state index contributed by atoms with van der Waals surface area (Å²) in [6, 6.07) is 1.24. The predicted molar refractivity (Wildman–Crippen MR) is 48.1 cm³/mol. The van der Waals surface area contributed by atoms with E-state index in [0.29, 0.717) is 5.69 Å². The van der Waals surface area contributed by atoms with Crippen molar-refractivity contribution in [1.82, 2.24) is 9.55 Å². The van der Waals surface area contributed by atoms with Gasteiger partial charge in [-0.25, -0.2) is 4.79 Å². The van der Waals surface area contributed by atoms with Crippen molar-refractivity contribution in [1.29, 1.82) is 0 Å². The van der Waals surface area contributed by atoms with Crippen LogP contribution in [0.25, 0.3) is 0 Å². The topological polar surface area (TPSA) is 81.2 Å². The van der Waals surface area contributed by atoms with Gasteiger partial charge in [0.1, 0.15) is 6.54 Å². The molecule has 76 valence electrons. The third-order valence-corrected chi connectivity index (χ3v) is 1.76. The number of H-pyrrole nitrogens is 1. The van der Waals surface area contributed by atoms with Gasteiger partial charge in [-0.15, -0.1) is 0 Å².